The van der Waals surface area contributed by atoms with Crippen LogP contribution in [0.25, 0.3) is 11.0 Å². The van der Waals surface area contributed by atoms with Crippen molar-refractivity contribution in [2.45, 2.75) is 38.7 Å². The molecule has 0 fully saturated rings. The van der Waals surface area contributed by atoms with Crippen LogP contribution in [0.1, 0.15) is 36.7 Å². The predicted molar refractivity (Wildman–Crippen MR) is 95.2 cm³/mol. The third-order valence-corrected chi connectivity index (χ3v) is 4.51. The molecular formula is C18H16F6N4O2. The van der Waals surface area contributed by atoms with Gasteiger partial charge in [0.1, 0.15) is 11.0 Å². The summed E-state index contributed by atoms with van der Waals surface area (Å²) in [6.07, 6.45) is -10.7. The molecule has 0 aliphatic carbocycles. The lowest BCUT2D eigenvalue weighted by Crippen LogP contribution is -2.25. The van der Waals surface area contributed by atoms with E-state index in [2.05, 4.69) is 10.1 Å². The number of H-pyrrole nitrogens is 2. The second-order valence-electron chi connectivity index (χ2n) is 7.12. The molecule has 0 spiro atoms. The Bertz CT molecular complexity index is 1170. The van der Waals surface area contributed by atoms with Gasteiger partial charge in [-0.2, -0.15) is 31.4 Å². The number of nitrogens with zero attached hydrogens (tertiary/aromatic N) is 2. The van der Waals surface area contributed by atoms with E-state index in [9.17, 15) is 35.9 Å². The summed E-state index contributed by atoms with van der Waals surface area (Å²) in [5.74, 6) is -0.355. The number of hydrogen-bond donors (Lipinski definition) is 2. The Hall–Kier alpha value is -3.05. The van der Waals surface area contributed by atoms with E-state index < -0.39 is 52.7 Å². The van der Waals surface area contributed by atoms with Gasteiger partial charge in [-0.1, -0.05) is 26.0 Å². The Labute approximate surface area is 164 Å². The molecule has 0 aliphatic rings. The fourth-order valence-electron chi connectivity index (χ4n) is 3.34. The number of benzene rings is 1. The van der Waals surface area contributed by atoms with E-state index >= 15 is 0 Å². The summed E-state index contributed by atoms with van der Waals surface area (Å²) < 4.78 is 78.6. The lowest BCUT2D eigenvalue weighted by atomic mass is 9.95. The summed E-state index contributed by atoms with van der Waals surface area (Å²) in [7, 11) is 0. The molecule has 1 atom stereocenters. The molecule has 12 heteroatoms. The molecule has 0 unspecified atom stereocenters. The highest BCUT2D eigenvalue weighted by molar-refractivity contribution is 5.77. The molecular weight excluding hydrogens is 418 g/mol. The van der Waals surface area contributed by atoms with Crippen LogP contribution in [0.15, 0.2) is 33.9 Å². The summed E-state index contributed by atoms with van der Waals surface area (Å²) in [6.45, 7) is 3.37. The van der Waals surface area contributed by atoms with Gasteiger partial charge in [0.2, 0.25) is 0 Å². The first-order valence-electron chi connectivity index (χ1n) is 8.75. The van der Waals surface area contributed by atoms with Crippen molar-refractivity contribution in [2.75, 3.05) is 0 Å². The van der Waals surface area contributed by atoms with E-state index in [0.29, 0.717) is 5.56 Å². The number of halogens is 6. The molecule has 3 aromatic rings. The van der Waals surface area contributed by atoms with Gasteiger partial charge < -0.3 is 0 Å². The van der Waals surface area contributed by atoms with Crippen LogP contribution < -0.4 is 11.2 Å². The van der Waals surface area contributed by atoms with Gasteiger partial charge in [0.15, 0.2) is 0 Å². The van der Waals surface area contributed by atoms with Crippen molar-refractivity contribution in [1.82, 2.24) is 19.7 Å². The Kier molecular flexibility index (Phi) is 5.29. The van der Waals surface area contributed by atoms with Crippen molar-refractivity contribution in [3.63, 3.8) is 0 Å². The van der Waals surface area contributed by atoms with Crippen LogP contribution in [0.2, 0.25) is 0 Å². The fraction of sp³-hybridized carbons (Fsp3) is 0.389. The van der Waals surface area contributed by atoms with Crippen LogP contribution in [-0.2, 0) is 12.6 Å². The number of alkyl halides is 6. The molecule has 0 radical (unpaired) electrons. The molecule has 0 bridgehead atoms. The first-order chi connectivity index (χ1) is 13.8. The van der Waals surface area contributed by atoms with Crippen LogP contribution in [0, 0.1) is 5.92 Å². The molecule has 6 nitrogen and oxygen atoms in total. The molecule has 0 amide bonds. The summed E-state index contributed by atoms with van der Waals surface area (Å²) in [6, 6.07) is 3.24. The van der Waals surface area contributed by atoms with Crippen LogP contribution in [0.4, 0.5) is 26.3 Å². The third kappa shape index (κ3) is 4.26. The average molecular weight is 434 g/mol. The van der Waals surface area contributed by atoms with E-state index in [4.69, 9.17) is 0 Å². The highest BCUT2D eigenvalue weighted by Crippen LogP contribution is 2.34. The van der Waals surface area contributed by atoms with Gasteiger partial charge >= 0.3 is 18.0 Å². The molecule has 0 aliphatic heterocycles. The predicted octanol–water partition coefficient (Wildman–Crippen LogP) is 3.78. The molecule has 0 saturated heterocycles. The second-order valence-corrected chi connectivity index (χ2v) is 7.12. The van der Waals surface area contributed by atoms with Crippen LogP contribution in [0.3, 0.4) is 0 Å². The zero-order valence-electron chi connectivity index (χ0n) is 15.6. The smallest absolute Gasteiger partial charge is 0.292 e. The van der Waals surface area contributed by atoms with Gasteiger partial charge in [0, 0.05) is 0 Å². The zero-order chi connectivity index (χ0) is 22.4. The lowest BCUT2D eigenvalue weighted by Gasteiger charge is -2.23. The molecule has 2 heterocycles. The molecule has 2 N–H and O–H groups in total. The van der Waals surface area contributed by atoms with Gasteiger partial charge in [0.25, 0.3) is 5.56 Å². The molecule has 3 rings (SSSR count). The number of aromatic amines is 2. The second kappa shape index (κ2) is 7.33. The van der Waals surface area contributed by atoms with Crippen molar-refractivity contribution in [1.29, 1.82) is 0 Å². The minimum absolute atomic E-state index is 0.235. The maximum Gasteiger partial charge on any atom is 0.416 e. The van der Waals surface area contributed by atoms with Crippen molar-refractivity contribution >= 4 is 11.0 Å². The van der Waals surface area contributed by atoms with Crippen LogP contribution >= 0.6 is 0 Å². The Balaban J connectivity index is 2.24. The number of fused-ring (bicyclic) bond motifs is 1. The maximum absolute atomic E-state index is 13.0. The lowest BCUT2D eigenvalue weighted by molar-refractivity contribution is -0.137. The van der Waals surface area contributed by atoms with E-state index in [0.717, 1.165) is 16.8 Å². The normalized spacial score (nSPS) is 13.9. The highest BCUT2D eigenvalue weighted by Gasteiger charge is 2.34. The van der Waals surface area contributed by atoms with Gasteiger partial charge in [-0.3, -0.25) is 14.8 Å². The molecule has 0 saturated carbocycles. The summed E-state index contributed by atoms with van der Waals surface area (Å²) in [5, 5.41) is 3.50. The number of hydrogen-bond acceptors (Lipinski definition) is 3. The molecule has 30 heavy (non-hydrogen) atoms. The zero-order valence-corrected chi connectivity index (χ0v) is 15.6. The Morgan fingerprint density at radius 1 is 1.00 bits per heavy atom. The quantitative estimate of drug-likeness (QED) is 0.613. The minimum Gasteiger partial charge on any atom is -0.292 e. The first kappa shape index (κ1) is 21.7. The standard InChI is InChI=1S/C18H16F6N4O2/c1-8(2)13(9-3-5-10(6-4-9)18(22,23)24)28-14-12(15(29)26-16(30)25-14)11(27-28)7-17(19,20)21/h3-6,8,13H,7H2,1-2H3,(H2,25,26,29,30)/t13-/m1/s1. The first-order valence-corrected chi connectivity index (χ1v) is 8.75. The van der Waals surface area contributed by atoms with Crippen LogP contribution in [0.5, 0.6) is 0 Å². The fourth-order valence-corrected chi connectivity index (χ4v) is 3.34. The van der Waals surface area contributed by atoms with Crippen molar-refractivity contribution < 1.29 is 26.3 Å². The van der Waals surface area contributed by atoms with E-state index in [1.165, 1.54) is 12.1 Å². The van der Waals surface area contributed by atoms with E-state index in [1.807, 2.05) is 4.98 Å². The largest absolute Gasteiger partial charge is 0.416 e. The number of rotatable bonds is 4. The molecule has 162 valence electrons. The van der Waals surface area contributed by atoms with Gasteiger partial charge in [0.05, 0.1) is 23.7 Å². The maximum atomic E-state index is 13.0. The number of aromatic nitrogens is 4. The third-order valence-electron chi connectivity index (χ3n) is 4.51. The Morgan fingerprint density at radius 3 is 2.10 bits per heavy atom. The molecule has 2 aromatic heterocycles. The topological polar surface area (TPSA) is 83.5 Å². The SMILES string of the molecule is CC(C)[C@H](c1ccc(C(F)(F)F)cc1)n1nc(CC(F)(F)F)c2c(=O)[nH]c(=O)[nH]c21. The van der Waals surface area contributed by atoms with Gasteiger partial charge in [-0.25, -0.2) is 9.48 Å². The Morgan fingerprint density at radius 2 is 1.60 bits per heavy atom. The number of nitrogens with one attached hydrogen (secondary N) is 2. The van der Waals surface area contributed by atoms with Gasteiger partial charge in [-0.15, -0.1) is 0 Å². The van der Waals surface area contributed by atoms with E-state index in [-0.39, 0.29) is 11.6 Å². The summed E-state index contributed by atoms with van der Waals surface area (Å²) in [4.78, 5) is 28.1. The van der Waals surface area contributed by atoms with Crippen molar-refractivity contribution in [3.8, 4) is 0 Å². The molecule has 1 aromatic carbocycles. The van der Waals surface area contributed by atoms with E-state index in [1.54, 1.807) is 13.8 Å². The minimum atomic E-state index is -4.67. The average Bonchev–Trinajstić information content (AvgIpc) is 2.90. The van der Waals surface area contributed by atoms with Crippen molar-refractivity contribution in [3.05, 3.63) is 61.9 Å². The summed E-state index contributed by atoms with van der Waals surface area (Å²) >= 11 is 0. The monoisotopic (exact) mass is 434 g/mol. The van der Waals surface area contributed by atoms with Crippen LogP contribution in [-0.4, -0.2) is 25.9 Å². The summed E-state index contributed by atoms with van der Waals surface area (Å²) in [5.41, 5.74) is -3.37. The van der Waals surface area contributed by atoms with Crippen molar-refractivity contribution in [2.24, 2.45) is 5.92 Å². The van der Waals surface area contributed by atoms with Gasteiger partial charge in [-0.05, 0) is 23.6 Å². The highest BCUT2D eigenvalue weighted by atomic mass is 19.4.